The molecule has 32 heavy (non-hydrogen) atoms. The second-order valence-corrected chi connectivity index (χ2v) is 7.35. The first kappa shape index (κ1) is 21.9. The van der Waals surface area contributed by atoms with Crippen LogP contribution in [-0.2, 0) is 20.1 Å². The molecule has 0 spiro atoms. The van der Waals surface area contributed by atoms with E-state index in [1.165, 1.54) is 0 Å². The molecule has 0 aliphatic heterocycles. The zero-order valence-corrected chi connectivity index (χ0v) is 19.8. The molecule has 3 heteroatoms. The SMILES string of the molecule is [Ir].[c-]1ccc([N+](c2ccccc2)(c2ccccc2)c2ccccc2)cc1-c1ccccn1. The minimum Gasteiger partial charge on any atom is -0.305 e. The van der Waals surface area contributed by atoms with Crippen molar-refractivity contribution in [3.05, 3.63) is 140 Å². The molecular formula is C29H22IrN2. The molecule has 0 bridgehead atoms. The van der Waals surface area contributed by atoms with Crippen LogP contribution in [0.5, 0.6) is 0 Å². The van der Waals surface area contributed by atoms with Crippen molar-refractivity contribution in [1.29, 1.82) is 0 Å². The van der Waals surface area contributed by atoms with Gasteiger partial charge in [-0.05, 0) is 11.8 Å². The Balaban J connectivity index is 0.00000245. The Kier molecular flexibility index (Phi) is 6.72. The fourth-order valence-corrected chi connectivity index (χ4v) is 4.18. The quantitative estimate of drug-likeness (QED) is 0.150. The number of benzene rings is 4. The number of nitrogens with zero attached hydrogens (tertiary/aromatic N) is 2. The maximum atomic E-state index is 4.55. The molecular weight excluding hydrogens is 569 g/mol. The third-order valence-corrected chi connectivity index (χ3v) is 5.54. The second kappa shape index (κ2) is 9.84. The molecule has 5 rings (SSSR count). The van der Waals surface area contributed by atoms with E-state index >= 15 is 0 Å². The number of para-hydroxylation sites is 3. The van der Waals surface area contributed by atoms with E-state index in [4.69, 9.17) is 0 Å². The van der Waals surface area contributed by atoms with Crippen molar-refractivity contribution in [1.82, 2.24) is 9.47 Å². The van der Waals surface area contributed by atoms with E-state index < -0.39 is 0 Å². The molecule has 0 aliphatic carbocycles. The Hall–Kier alpha value is -3.36. The van der Waals surface area contributed by atoms with E-state index in [-0.39, 0.29) is 20.1 Å². The van der Waals surface area contributed by atoms with Crippen LogP contribution in [0.3, 0.4) is 0 Å². The van der Waals surface area contributed by atoms with Gasteiger partial charge in [-0.1, -0.05) is 78.9 Å². The number of rotatable bonds is 5. The predicted molar refractivity (Wildman–Crippen MR) is 129 cm³/mol. The van der Waals surface area contributed by atoms with Gasteiger partial charge in [-0.25, -0.2) is 4.48 Å². The number of hydrogen-bond donors (Lipinski definition) is 0. The van der Waals surface area contributed by atoms with Gasteiger partial charge in [-0.3, -0.25) is 0 Å². The first-order valence-electron chi connectivity index (χ1n) is 10.4. The molecule has 0 saturated heterocycles. The van der Waals surface area contributed by atoms with Crippen molar-refractivity contribution >= 4 is 22.7 Å². The Morgan fingerprint density at radius 1 is 0.531 bits per heavy atom. The average molecular weight is 591 g/mol. The standard InChI is InChI=1S/C29H22N2.Ir/c1-4-14-25(15-5-1)31(26-16-6-2-7-17-26,27-18-8-3-9-19-27)28-20-12-13-24(23-28)29-21-10-11-22-30-29;/h1-12,14-23H;. The summed E-state index contributed by atoms with van der Waals surface area (Å²) < 4.78 is 0.469. The van der Waals surface area contributed by atoms with E-state index in [0.29, 0.717) is 4.48 Å². The van der Waals surface area contributed by atoms with Crippen molar-refractivity contribution in [3.63, 3.8) is 0 Å². The fourth-order valence-electron chi connectivity index (χ4n) is 4.18. The molecule has 1 heterocycles. The van der Waals surface area contributed by atoms with Crippen molar-refractivity contribution < 1.29 is 20.1 Å². The van der Waals surface area contributed by atoms with Gasteiger partial charge in [0.25, 0.3) is 0 Å². The van der Waals surface area contributed by atoms with Crippen LogP contribution in [-0.4, -0.2) is 4.98 Å². The van der Waals surface area contributed by atoms with Gasteiger partial charge in [0.1, 0.15) is 17.1 Å². The summed E-state index contributed by atoms with van der Waals surface area (Å²) in [6.07, 6.45) is 1.82. The minimum atomic E-state index is 0. The van der Waals surface area contributed by atoms with Crippen LogP contribution in [0.15, 0.2) is 134 Å². The van der Waals surface area contributed by atoms with E-state index in [0.717, 1.165) is 34.0 Å². The topological polar surface area (TPSA) is 12.9 Å². The molecule has 0 N–H and O–H groups in total. The van der Waals surface area contributed by atoms with Gasteiger partial charge < -0.3 is 4.98 Å². The Bertz CT molecular complexity index is 1160. The van der Waals surface area contributed by atoms with Crippen molar-refractivity contribution in [2.45, 2.75) is 0 Å². The zero-order chi connectivity index (χ0) is 20.9. The molecule has 0 unspecified atom stereocenters. The number of quaternary nitrogens is 1. The predicted octanol–water partition coefficient (Wildman–Crippen LogP) is 7.85. The smallest absolute Gasteiger partial charge is 0.146 e. The van der Waals surface area contributed by atoms with E-state index in [1.54, 1.807) is 0 Å². The van der Waals surface area contributed by atoms with Gasteiger partial charge >= 0.3 is 0 Å². The maximum absolute atomic E-state index is 4.55. The minimum absolute atomic E-state index is 0. The maximum Gasteiger partial charge on any atom is 0.146 e. The second-order valence-electron chi connectivity index (χ2n) is 7.35. The molecule has 0 fully saturated rings. The molecule has 1 radical (unpaired) electrons. The van der Waals surface area contributed by atoms with E-state index in [2.05, 4.69) is 114 Å². The fraction of sp³-hybridized carbons (Fsp3) is 0. The van der Waals surface area contributed by atoms with Gasteiger partial charge in [-0.15, -0.1) is 17.7 Å². The van der Waals surface area contributed by atoms with Crippen LogP contribution in [0.4, 0.5) is 22.7 Å². The molecule has 0 atom stereocenters. The van der Waals surface area contributed by atoms with Crippen molar-refractivity contribution in [3.8, 4) is 11.3 Å². The zero-order valence-electron chi connectivity index (χ0n) is 17.4. The van der Waals surface area contributed by atoms with Crippen LogP contribution >= 0.6 is 0 Å². The van der Waals surface area contributed by atoms with Crippen LogP contribution in [0, 0.1) is 6.07 Å². The van der Waals surface area contributed by atoms with Gasteiger partial charge in [0.2, 0.25) is 0 Å². The first-order chi connectivity index (χ1) is 15.4. The molecule has 5 aromatic rings. The van der Waals surface area contributed by atoms with Crippen molar-refractivity contribution in [2.24, 2.45) is 0 Å². The average Bonchev–Trinajstić information content (AvgIpc) is 2.87. The summed E-state index contributed by atoms with van der Waals surface area (Å²) in [4.78, 5) is 4.55. The molecule has 1 aromatic heterocycles. The Labute approximate surface area is 202 Å². The monoisotopic (exact) mass is 591 g/mol. The normalized spacial score (nSPS) is 10.9. The summed E-state index contributed by atoms with van der Waals surface area (Å²) in [6.45, 7) is 0. The van der Waals surface area contributed by atoms with Gasteiger partial charge in [-0.2, -0.15) is 0 Å². The number of aromatic nitrogens is 1. The van der Waals surface area contributed by atoms with E-state index in [9.17, 15) is 0 Å². The summed E-state index contributed by atoms with van der Waals surface area (Å²) in [5.74, 6) is 0. The van der Waals surface area contributed by atoms with Crippen molar-refractivity contribution in [2.75, 3.05) is 0 Å². The molecule has 0 aliphatic rings. The molecule has 2 nitrogen and oxygen atoms in total. The Morgan fingerprint density at radius 2 is 1.03 bits per heavy atom. The van der Waals surface area contributed by atoms with Crippen LogP contribution in [0.25, 0.3) is 11.3 Å². The summed E-state index contributed by atoms with van der Waals surface area (Å²) in [7, 11) is 0. The van der Waals surface area contributed by atoms with Crippen LogP contribution in [0.2, 0.25) is 0 Å². The van der Waals surface area contributed by atoms with Crippen LogP contribution < -0.4 is 4.48 Å². The first-order valence-corrected chi connectivity index (χ1v) is 10.4. The summed E-state index contributed by atoms with van der Waals surface area (Å²) in [6, 6.07) is 47.6. The summed E-state index contributed by atoms with van der Waals surface area (Å²) in [5.41, 5.74) is 6.51. The van der Waals surface area contributed by atoms with Gasteiger partial charge in [0.15, 0.2) is 0 Å². The molecule has 4 aromatic carbocycles. The van der Waals surface area contributed by atoms with Crippen LogP contribution in [0.1, 0.15) is 0 Å². The largest absolute Gasteiger partial charge is 0.305 e. The third-order valence-electron chi connectivity index (χ3n) is 5.54. The third kappa shape index (κ3) is 3.94. The summed E-state index contributed by atoms with van der Waals surface area (Å²) >= 11 is 0. The van der Waals surface area contributed by atoms with Gasteiger partial charge in [0, 0.05) is 62.7 Å². The molecule has 157 valence electrons. The number of hydrogen-bond acceptors (Lipinski definition) is 1. The van der Waals surface area contributed by atoms with Gasteiger partial charge in [0.05, 0.1) is 5.69 Å². The Morgan fingerprint density at radius 3 is 1.50 bits per heavy atom. The molecule has 0 amide bonds. The number of pyridine rings is 1. The molecule has 0 saturated carbocycles. The van der Waals surface area contributed by atoms with E-state index in [1.807, 2.05) is 30.5 Å². The summed E-state index contributed by atoms with van der Waals surface area (Å²) in [5, 5.41) is 0.